The van der Waals surface area contributed by atoms with Crippen molar-refractivity contribution in [3.8, 4) is 5.75 Å². The van der Waals surface area contributed by atoms with Crippen LogP contribution in [0, 0.1) is 11.7 Å². The van der Waals surface area contributed by atoms with E-state index >= 15 is 0 Å². The quantitative estimate of drug-likeness (QED) is 0.427. The molecule has 2 amide bonds. The molecule has 7 heteroatoms. The largest absolute Gasteiger partial charge is 0.491 e. The Bertz CT molecular complexity index is 969. The van der Waals surface area contributed by atoms with E-state index in [4.69, 9.17) is 4.74 Å². The number of halogens is 1. The maximum atomic E-state index is 12.9. The van der Waals surface area contributed by atoms with Crippen LogP contribution in [0.3, 0.4) is 0 Å². The summed E-state index contributed by atoms with van der Waals surface area (Å²) >= 11 is 0. The fourth-order valence-corrected chi connectivity index (χ4v) is 3.21. The molecule has 3 aromatic rings. The molecule has 0 saturated carbocycles. The lowest BCUT2D eigenvalue weighted by molar-refractivity contribution is 0.205. The average Bonchev–Trinajstić information content (AvgIpc) is 3.09. The third kappa shape index (κ3) is 6.20. The highest BCUT2D eigenvalue weighted by molar-refractivity contribution is 5.99. The van der Waals surface area contributed by atoms with Crippen LogP contribution in [-0.2, 0) is 6.54 Å². The lowest BCUT2D eigenvalue weighted by Gasteiger charge is -2.15. The molecule has 1 atom stereocenters. The van der Waals surface area contributed by atoms with Gasteiger partial charge in [-0.1, -0.05) is 32.4 Å². The van der Waals surface area contributed by atoms with Gasteiger partial charge in [-0.05, 0) is 55.5 Å². The molecular formula is C23H29FN4O2. The van der Waals surface area contributed by atoms with Crippen molar-refractivity contribution in [2.75, 3.05) is 5.32 Å². The molecule has 0 saturated heterocycles. The van der Waals surface area contributed by atoms with E-state index in [1.54, 1.807) is 12.1 Å². The summed E-state index contributed by atoms with van der Waals surface area (Å²) in [6, 6.07) is 11.3. The lowest BCUT2D eigenvalue weighted by atomic mass is 10.0. The summed E-state index contributed by atoms with van der Waals surface area (Å²) in [6.45, 7) is 6.83. The predicted molar refractivity (Wildman–Crippen MR) is 117 cm³/mol. The highest BCUT2D eigenvalue weighted by Crippen LogP contribution is 2.26. The zero-order valence-corrected chi connectivity index (χ0v) is 17.7. The van der Waals surface area contributed by atoms with Crippen molar-refractivity contribution in [2.45, 2.75) is 52.7 Å². The standard InChI is InChI=1S/C23H29FN4O2/c1-15(2)5-4-6-16(3)30-19-11-12-20-21(13-19)27-28-22(20)26-23(29)25-14-17-7-9-18(24)10-8-17/h7-13,15-16H,4-6,14H2,1-3H3,(H3,25,26,27,28,29). The number of fused-ring (bicyclic) bond motifs is 1. The lowest BCUT2D eigenvalue weighted by Crippen LogP contribution is -2.28. The molecule has 3 rings (SSSR count). The number of nitrogens with zero attached hydrogens (tertiary/aromatic N) is 1. The van der Waals surface area contributed by atoms with E-state index in [0.717, 1.165) is 35.1 Å². The van der Waals surface area contributed by atoms with Crippen LogP contribution in [0.15, 0.2) is 42.5 Å². The molecule has 2 aromatic carbocycles. The van der Waals surface area contributed by atoms with Crippen molar-refractivity contribution in [3.63, 3.8) is 0 Å². The van der Waals surface area contributed by atoms with E-state index in [9.17, 15) is 9.18 Å². The Hall–Kier alpha value is -3.09. The number of aromatic nitrogens is 2. The zero-order valence-electron chi connectivity index (χ0n) is 17.7. The van der Waals surface area contributed by atoms with Crippen LogP contribution in [0.1, 0.15) is 45.6 Å². The normalized spacial score (nSPS) is 12.2. The number of H-pyrrole nitrogens is 1. The van der Waals surface area contributed by atoms with E-state index in [1.165, 1.54) is 18.6 Å². The molecule has 1 aromatic heterocycles. The maximum absolute atomic E-state index is 12.9. The number of anilines is 1. The van der Waals surface area contributed by atoms with Gasteiger partial charge >= 0.3 is 6.03 Å². The van der Waals surface area contributed by atoms with Gasteiger partial charge in [-0.15, -0.1) is 0 Å². The molecule has 0 aliphatic heterocycles. The van der Waals surface area contributed by atoms with Crippen LogP contribution in [0.5, 0.6) is 5.75 Å². The first-order valence-electron chi connectivity index (χ1n) is 10.3. The maximum Gasteiger partial charge on any atom is 0.320 e. The number of benzene rings is 2. The van der Waals surface area contributed by atoms with Crippen LogP contribution in [0.4, 0.5) is 15.0 Å². The highest BCUT2D eigenvalue weighted by atomic mass is 19.1. The second kappa shape index (κ2) is 10.1. The summed E-state index contributed by atoms with van der Waals surface area (Å²) in [6.07, 6.45) is 3.50. The molecule has 0 fully saturated rings. The second-order valence-electron chi connectivity index (χ2n) is 7.97. The van der Waals surface area contributed by atoms with Crippen molar-refractivity contribution in [3.05, 3.63) is 53.8 Å². The van der Waals surface area contributed by atoms with Gasteiger partial charge in [0.15, 0.2) is 5.82 Å². The molecule has 0 aliphatic carbocycles. The van der Waals surface area contributed by atoms with Gasteiger partial charge in [-0.3, -0.25) is 10.4 Å². The summed E-state index contributed by atoms with van der Waals surface area (Å²) in [5.41, 5.74) is 1.60. The smallest absolute Gasteiger partial charge is 0.320 e. The molecule has 30 heavy (non-hydrogen) atoms. The van der Waals surface area contributed by atoms with Crippen molar-refractivity contribution >= 4 is 22.8 Å². The minimum absolute atomic E-state index is 0.138. The Balaban J connectivity index is 1.54. The van der Waals surface area contributed by atoms with Crippen LogP contribution in [0.2, 0.25) is 0 Å². The fourth-order valence-electron chi connectivity index (χ4n) is 3.21. The number of carbonyl (C=O) groups excluding carboxylic acids is 1. The molecule has 160 valence electrons. The minimum atomic E-state index is -0.383. The molecule has 0 spiro atoms. The summed E-state index contributed by atoms with van der Waals surface area (Å²) in [4.78, 5) is 12.2. The number of hydrogen-bond donors (Lipinski definition) is 3. The number of rotatable bonds is 9. The topological polar surface area (TPSA) is 79.0 Å². The van der Waals surface area contributed by atoms with Gasteiger partial charge in [-0.25, -0.2) is 9.18 Å². The third-order valence-electron chi connectivity index (χ3n) is 4.86. The van der Waals surface area contributed by atoms with Gasteiger partial charge in [0.05, 0.1) is 11.6 Å². The van der Waals surface area contributed by atoms with Gasteiger partial charge in [0.2, 0.25) is 0 Å². The van der Waals surface area contributed by atoms with Gasteiger partial charge in [-0.2, -0.15) is 5.10 Å². The van der Waals surface area contributed by atoms with E-state index in [-0.39, 0.29) is 18.0 Å². The summed E-state index contributed by atoms with van der Waals surface area (Å²) < 4.78 is 19.0. The predicted octanol–water partition coefficient (Wildman–Crippen LogP) is 5.62. The first kappa shape index (κ1) is 21.6. The fraction of sp³-hybridized carbons (Fsp3) is 0.391. The van der Waals surface area contributed by atoms with Gasteiger partial charge in [0.1, 0.15) is 11.6 Å². The highest BCUT2D eigenvalue weighted by Gasteiger charge is 2.11. The number of aromatic amines is 1. The Kier molecular flexibility index (Phi) is 7.27. The van der Waals surface area contributed by atoms with E-state index in [1.807, 2.05) is 18.2 Å². The van der Waals surface area contributed by atoms with Crippen LogP contribution >= 0.6 is 0 Å². The van der Waals surface area contributed by atoms with Crippen molar-refractivity contribution in [2.24, 2.45) is 5.92 Å². The Labute approximate surface area is 176 Å². The summed E-state index contributed by atoms with van der Waals surface area (Å²) in [5.74, 6) is 1.62. The second-order valence-corrected chi connectivity index (χ2v) is 7.97. The van der Waals surface area contributed by atoms with Gasteiger partial charge in [0.25, 0.3) is 0 Å². The number of ether oxygens (including phenoxy) is 1. The zero-order chi connectivity index (χ0) is 21.5. The van der Waals surface area contributed by atoms with Crippen LogP contribution < -0.4 is 15.4 Å². The van der Waals surface area contributed by atoms with E-state index in [0.29, 0.717) is 18.3 Å². The monoisotopic (exact) mass is 412 g/mol. The average molecular weight is 413 g/mol. The molecule has 0 radical (unpaired) electrons. The number of carbonyl (C=O) groups is 1. The van der Waals surface area contributed by atoms with Crippen LogP contribution in [-0.4, -0.2) is 22.3 Å². The van der Waals surface area contributed by atoms with E-state index < -0.39 is 0 Å². The van der Waals surface area contributed by atoms with Crippen molar-refractivity contribution in [1.29, 1.82) is 0 Å². The minimum Gasteiger partial charge on any atom is -0.491 e. The first-order chi connectivity index (χ1) is 14.4. The number of nitrogens with one attached hydrogen (secondary N) is 3. The molecule has 0 bridgehead atoms. The Morgan fingerprint density at radius 3 is 2.63 bits per heavy atom. The van der Waals surface area contributed by atoms with E-state index in [2.05, 4.69) is 41.6 Å². The molecule has 1 unspecified atom stereocenters. The van der Waals surface area contributed by atoms with Crippen molar-refractivity contribution < 1.29 is 13.9 Å². The number of hydrogen-bond acceptors (Lipinski definition) is 3. The van der Waals surface area contributed by atoms with Gasteiger partial charge < -0.3 is 10.1 Å². The van der Waals surface area contributed by atoms with Crippen LogP contribution in [0.25, 0.3) is 10.9 Å². The number of amides is 2. The SMILES string of the molecule is CC(C)CCCC(C)Oc1ccc2c(NC(=O)NCc3ccc(F)cc3)n[nH]c2c1. The Morgan fingerprint density at radius 2 is 1.90 bits per heavy atom. The molecular weight excluding hydrogens is 383 g/mol. The molecule has 6 nitrogen and oxygen atoms in total. The Morgan fingerprint density at radius 1 is 1.13 bits per heavy atom. The third-order valence-corrected chi connectivity index (χ3v) is 4.86. The first-order valence-corrected chi connectivity index (χ1v) is 10.3. The van der Waals surface area contributed by atoms with Crippen molar-refractivity contribution in [1.82, 2.24) is 15.5 Å². The molecule has 3 N–H and O–H groups in total. The van der Waals surface area contributed by atoms with Gasteiger partial charge in [0, 0.05) is 18.0 Å². The number of urea groups is 1. The summed E-state index contributed by atoms with van der Waals surface area (Å²) in [5, 5.41) is 13.4. The summed E-state index contributed by atoms with van der Waals surface area (Å²) in [7, 11) is 0. The molecule has 1 heterocycles. The molecule has 0 aliphatic rings.